The fourth-order valence-corrected chi connectivity index (χ4v) is 2.17. The number of rotatable bonds is 3. The van der Waals surface area contributed by atoms with E-state index in [-0.39, 0.29) is 0 Å². The van der Waals surface area contributed by atoms with Gasteiger partial charge in [-0.05, 0) is 38.5 Å². The molecule has 2 aliphatic rings. The second-order valence-electron chi connectivity index (χ2n) is 4.42. The number of nitrogens with two attached hydrogens (primary N) is 1. The Labute approximate surface area is 80.6 Å². The summed E-state index contributed by atoms with van der Waals surface area (Å²) in [6, 6.07) is 1.18. The van der Waals surface area contributed by atoms with Crippen molar-refractivity contribution in [2.24, 2.45) is 5.73 Å². The summed E-state index contributed by atoms with van der Waals surface area (Å²) in [5.74, 6) is 0. The summed E-state index contributed by atoms with van der Waals surface area (Å²) in [6.45, 7) is 1.11. The minimum absolute atomic E-state index is 0.470. The molecule has 0 aromatic rings. The summed E-state index contributed by atoms with van der Waals surface area (Å²) in [4.78, 5) is 0. The molecular weight excluding hydrogens is 160 g/mol. The fourth-order valence-electron chi connectivity index (χ4n) is 2.17. The Kier molecular flexibility index (Phi) is 3.01. The van der Waals surface area contributed by atoms with Crippen LogP contribution < -0.4 is 11.1 Å². The van der Waals surface area contributed by atoms with Crippen LogP contribution >= 0.6 is 0 Å². The second kappa shape index (κ2) is 4.25. The van der Waals surface area contributed by atoms with Gasteiger partial charge in [0, 0.05) is 18.6 Å². The van der Waals surface area contributed by atoms with Crippen LogP contribution in [0.1, 0.15) is 38.5 Å². The molecule has 0 saturated heterocycles. The van der Waals surface area contributed by atoms with E-state index in [1.165, 1.54) is 38.5 Å². The first-order valence-electron chi connectivity index (χ1n) is 5.51. The zero-order valence-corrected chi connectivity index (χ0v) is 8.26. The van der Waals surface area contributed by atoms with Gasteiger partial charge in [0.05, 0.1) is 0 Å². The summed E-state index contributed by atoms with van der Waals surface area (Å²) in [6.07, 6.45) is 10.1. The molecule has 0 aliphatic heterocycles. The van der Waals surface area contributed by atoms with Gasteiger partial charge in [-0.25, -0.2) is 0 Å². The van der Waals surface area contributed by atoms with Gasteiger partial charge in [-0.15, -0.1) is 0 Å². The van der Waals surface area contributed by atoms with Gasteiger partial charge in [-0.2, -0.15) is 0 Å². The minimum Gasteiger partial charge on any atom is -0.328 e. The number of nitrogens with one attached hydrogen (secondary N) is 1. The van der Waals surface area contributed by atoms with Crippen molar-refractivity contribution in [3.8, 4) is 0 Å². The van der Waals surface area contributed by atoms with E-state index in [0.29, 0.717) is 12.1 Å². The Morgan fingerprint density at radius 1 is 1.38 bits per heavy atom. The Bertz CT molecular complexity index is 192. The molecule has 0 bridgehead atoms. The summed E-state index contributed by atoms with van der Waals surface area (Å²) in [7, 11) is 0. The van der Waals surface area contributed by atoms with Gasteiger partial charge in [0.25, 0.3) is 0 Å². The van der Waals surface area contributed by atoms with Crippen molar-refractivity contribution < 1.29 is 0 Å². The van der Waals surface area contributed by atoms with Crippen LogP contribution in [0.4, 0.5) is 0 Å². The molecule has 3 N–H and O–H groups in total. The lowest BCUT2D eigenvalue weighted by molar-refractivity contribution is 0.298. The number of allylic oxidation sites excluding steroid dienone is 1. The van der Waals surface area contributed by atoms with Crippen LogP contribution in [0, 0.1) is 0 Å². The van der Waals surface area contributed by atoms with Gasteiger partial charge in [-0.3, -0.25) is 0 Å². The van der Waals surface area contributed by atoms with Crippen LogP contribution in [-0.2, 0) is 0 Å². The quantitative estimate of drug-likeness (QED) is 0.647. The Morgan fingerprint density at radius 2 is 2.23 bits per heavy atom. The molecule has 0 heterocycles. The summed E-state index contributed by atoms with van der Waals surface area (Å²) < 4.78 is 0. The van der Waals surface area contributed by atoms with Crippen LogP contribution in [0.15, 0.2) is 11.6 Å². The largest absolute Gasteiger partial charge is 0.328 e. The van der Waals surface area contributed by atoms with Crippen molar-refractivity contribution >= 4 is 0 Å². The van der Waals surface area contributed by atoms with Crippen molar-refractivity contribution in [1.82, 2.24) is 5.32 Å². The molecule has 74 valence electrons. The van der Waals surface area contributed by atoms with Gasteiger partial charge in [0.2, 0.25) is 0 Å². The highest BCUT2D eigenvalue weighted by Gasteiger charge is 2.25. The van der Waals surface area contributed by atoms with Crippen molar-refractivity contribution in [2.45, 2.75) is 50.6 Å². The van der Waals surface area contributed by atoms with E-state index in [1.54, 1.807) is 5.57 Å². The van der Waals surface area contributed by atoms with E-state index < -0.39 is 0 Å². The summed E-state index contributed by atoms with van der Waals surface area (Å²) in [5, 5.41) is 3.57. The molecule has 2 aliphatic carbocycles. The molecule has 2 heteroatoms. The molecule has 2 nitrogen and oxygen atoms in total. The highest BCUT2D eigenvalue weighted by Crippen LogP contribution is 2.20. The van der Waals surface area contributed by atoms with E-state index in [4.69, 9.17) is 5.73 Å². The van der Waals surface area contributed by atoms with Gasteiger partial charge in [-0.1, -0.05) is 11.6 Å². The molecule has 2 rings (SSSR count). The molecule has 0 aromatic carbocycles. The first-order chi connectivity index (χ1) is 6.34. The summed E-state index contributed by atoms with van der Waals surface area (Å²) >= 11 is 0. The van der Waals surface area contributed by atoms with Crippen molar-refractivity contribution in [3.63, 3.8) is 0 Å². The highest BCUT2D eigenvalue weighted by atomic mass is 14.9. The van der Waals surface area contributed by atoms with Gasteiger partial charge >= 0.3 is 0 Å². The van der Waals surface area contributed by atoms with E-state index in [2.05, 4.69) is 11.4 Å². The molecule has 0 atom stereocenters. The lowest BCUT2D eigenvalue weighted by Crippen LogP contribution is -2.48. The normalized spacial score (nSPS) is 33.8. The van der Waals surface area contributed by atoms with E-state index in [0.717, 1.165) is 6.54 Å². The third-order valence-corrected chi connectivity index (χ3v) is 3.18. The maximum absolute atomic E-state index is 5.72. The molecular formula is C11H20N2. The van der Waals surface area contributed by atoms with Crippen molar-refractivity contribution in [1.29, 1.82) is 0 Å². The van der Waals surface area contributed by atoms with Crippen LogP contribution in [0.3, 0.4) is 0 Å². The third kappa shape index (κ3) is 2.55. The van der Waals surface area contributed by atoms with E-state index in [9.17, 15) is 0 Å². The molecule has 13 heavy (non-hydrogen) atoms. The lowest BCUT2D eigenvalue weighted by atomic mass is 9.87. The number of hydrogen-bond donors (Lipinski definition) is 2. The van der Waals surface area contributed by atoms with Gasteiger partial charge < -0.3 is 11.1 Å². The van der Waals surface area contributed by atoms with Crippen molar-refractivity contribution in [2.75, 3.05) is 6.54 Å². The highest BCUT2D eigenvalue weighted by molar-refractivity contribution is 5.07. The van der Waals surface area contributed by atoms with E-state index in [1.807, 2.05) is 0 Å². The molecule has 0 spiro atoms. The SMILES string of the molecule is NC1CC(NCC2=CCCCC2)C1. The zero-order chi connectivity index (χ0) is 9.10. The molecule has 0 aromatic heterocycles. The molecule has 0 unspecified atom stereocenters. The molecule has 0 amide bonds. The van der Waals surface area contributed by atoms with Crippen molar-refractivity contribution in [3.05, 3.63) is 11.6 Å². The van der Waals surface area contributed by atoms with Crippen LogP contribution in [0.5, 0.6) is 0 Å². The van der Waals surface area contributed by atoms with Gasteiger partial charge in [0.1, 0.15) is 0 Å². The Balaban J connectivity index is 1.64. The summed E-state index contributed by atoms with van der Waals surface area (Å²) in [5.41, 5.74) is 7.34. The average Bonchev–Trinajstić information content (AvgIpc) is 2.12. The molecule has 0 radical (unpaired) electrons. The monoisotopic (exact) mass is 180 g/mol. The Morgan fingerprint density at radius 3 is 2.85 bits per heavy atom. The second-order valence-corrected chi connectivity index (χ2v) is 4.42. The third-order valence-electron chi connectivity index (χ3n) is 3.18. The smallest absolute Gasteiger partial charge is 0.0167 e. The first kappa shape index (κ1) is 9.22. The molecule has 1 fully saturated rings. The first-order valence-corrected chi connectivity index (χ1v) is 5.51. The fraction of sp³-hybridized carbons (Fsp3) is 0.818. The van der Waals surface area contributed by atoms with Crippen LogP contribution in [-0.4, -0.2) is 18.6 Å². The number of hydrogen-bond acceptors (Lipinski definition) is 2. The van der Waals surface area contributed by atoms with Crippen LogP contribution in [0.2, 0.25) is 0 Å². The predicted molar refractivity (Wildman–Crippen MR) is 55.6 cm³/mol. The maximum atomic E-state index is 5.72. The lowest BCUT2D eigenvalue weighted by Gasteiger charge is -2.33. The van der Waals surface area contributed by atoms with E-state index >= 15 is 0 Å². The van der Waals surface area contributed by atoms with Crippen LogP contribution in [0.25, 0.3) is 0 Å². The Hall–Kier alpha value is -0.340. The minimum atomic E-state index is 0.470. The molecule has 1 saturated carbocycles. The standard InChI is InChI=1S/C11H20N2/c12-10-6-11(7-10)13-8-9-4-2-1-3-5-9/h4,10-11,13H,1-3,5-8,12H2. The predicted octanol–water partition coefficient (Wildman–Crippen LogP) is 1.57. The van der Waals surface area contributed by atoms with Gasteiger partial charge in [0.15, 0.2) is 0 Å². The zero-order valence-electron chi connectivity index (χ0n) is 8.26. The maximum Gasteiger partial charge on any atom is 0.0167 e. The average molecular weight is 180 g/mol. The topological polar surface area (TPSA) is 38.0 Å².